The third-order valence-electron chi connectivity index (χ3n) is 3.87. The Kier molecular flexibility index (Phi) is 12.1. The SMILES string of the molecule is CCCOc1ccc(CN=C(NCC)NCCCn2cccn2)cc1OC.I. The molecule has 0 aliphatic heterocycles. The number of aliphatic imine (C=N–C) groups is 1. The van der Waals surface area contributed by atoms with Gasteiger partial charge in [0.25, 0.3) is 0 Å². The van der Waals surface area contributed by atoms with E-state index in [0.717, 1.165) is 55.5 Å². The highest BCUT2D eigenvalue weighted by Crippen LogP contribution is 2.28. The first-order valence-corrected chi connectivity index (χ1v) is 9.56. The molecular formula is C20H32IN5O2. The Morgan fingerprint density at radius 2 is 2.07 bits per heavy atom. The summed E-state index contributed by atoms with van der Waals surface area (Å²) in [6.45, 7) is 7.93. The number of aryl methyl sites for hydroxylation is 1. The molecule has 28 heavy (non-hydrogen) atoms. The van der Waals surface area contributed by atoms with Crippen molar-refractivity contribution in [3.8, 4) is 11.5 Å². The molecule has 2 rings (SSSR count). The number of halogens is 1. The van der Waals surface area contributed by atoms with E-state index in [1.165, 1.54) is 0 Å². The van der Waals surface area contributed by atoms with Gasteiger partial charge in [-0.3, -0.25) is 4.68 Å². The minimum Gasteiger partial charge on any atom is -0.493 e. The van der Waals surface area contributed by atoms with Gasteiger partial charge < -0.3 is 20.1 Å². The number of guanidine groups is 1. The van der Waals surface area contributed by atoms with Crippen LogP contribution in [-0.4, -0.2) is 42.5 Å². The van der Waals surface area contributed by atoms with Crippen molar-refractivity contribution in [1.29, 1.82) is 0 Å². The summed E-state index contributed by atoms with van der Waals surface area (Å²) >= 11 is 0. The molecule has 0 radical (unpaired) electrons. The highest BCUT2D eigenvalue weighted by atomic mass is 127. The first kappa shape index (κ1) is 24.1. The summed E-state index contributed by atoms with van der Waals surface area (Å²) < 4.78 is 13.1. The third-order valence-corrected chi connectivity index (χ3v) is 3.87. The van der Waals surface area contributed by atoms with Gasteiger partial charge in [-0.05, 0) is 43.5 Å². The van der Waals surface area contributed by atoms with E-state index >= 15 is 0 Å². The molecule has 0 saturated heterocycles. The van der Waals surface area contributed by atoms with Crippen LogP contribution in [0.3, 0.4) is 0 Å². The fourth-order valence-corrected chi connectivity index (χ4v) is 2.53. The van der Waals surface area contributed by atoms with Gasteiger partial charge in [0.1, 0.15) is 0 Å². The summed E-state index contributed by atoms with van der Waals surface area (Å²) in [4.78, 5) is 4.66. The van der Waals surface area contributed by atoms with Gasteiger partial charge in [0.15, 0.2) is 17.5 Å². The van der Waals surface area contributed by atoms with Crippen LogP contribution < -0.4 is 20.1 Å². The number of ether oxygens (including phenoxy) is 2. The predicted octanol–water partition coefficient (Wildman–Crippen LogP) is 3.44. The molecule has 2 N–H and O–H groups in total. The molecule has 0 amide bonds. The van der Waals surface area contributed by atoms with Crippen LogP contribution in [-0.2, 0) is 13.1 Å². The summed E-state index contributed by atoms with van der Waals surface area (Å²) in [6, 6.07) is 7.89. The lowest BCUT2D eigenvalue weighted by atomic mass is 10.2. The lowest BCUT2D eigenvalue weighted by Crippen LogP contribution is -2.38. The van der Waals surface area contributed by atoms with E-state index in [9.17, 15) is 0 Å². The molecule has 0 aliphatic carbocycles. The summed E-state index contributed by atoms with van der Waals surface area (Å²) in [7, 11) is 1.66. The number of nitrogens with one attached hydrogen (secondary N) is 2. The molecule has 2 aromatic rings. The molecule has 156 valence electrons. The van der Waals surface area contributed by atoms with Crippen molar-refractivity contribution in [2.24, 2.45) is 4.99 Å². The van der Waals surface area contributed by atoms with E-state index in [4.69, 9.17) is 9.47 Å². The molecule has 7 nitrogen and oxygen atoms in total. The minimum absolute atomic E-state index is 0. The molecule has 1 aromatic heterocycles. The third kappa shape index (κ3) is 8.37. The van der Waals surface area contributed by atoms with Crippen LogP contribution >= 0.6 is 24.0 Å². The molecule has 0 atom stereocenters. The van der Waals surface area contributed by atoms with Crippen molar-refractivity contribution in [2.75, 3.05) is 26.8 Å². The first-order chi connectivity index (χ1) is 13.3. The van der Waals surface area contributed by atoms with Gasteiger partial charge in [-0.1, -0.05) is 13.0 Å². The van der Waals surface area contributed by atoms with Crippen LogP contribution in [0.15, 0.2) is 41.7 Å². The van der Waals surface area contributed by atoms with Gasteiger partial charge in [-0.15, -0.1) is 24.0 Å². The summed E-state index contributed by atoms with van der Waals surface area (Å²) in [5.41, 5.74) is 1.07. The van der Waals surface area contributed by atoms with Crippen molar-refractivity contribution in [2.45, 2.75) is 39.8 Å². The maximum absolute atomic E-state index is 5.70. The molecule has 0 aliphatic rings. The average Bonchev–Trinajstić information content (AvgIpc) is 3.21. The first-order valence-electron chi connectivity index (χ1n) is 9.56. The molecule has 1 aromatic carbocycles. The second-order valence-electron chi connectivity index (χ2n) is 6.08. The highest BCUT2D eigenvalue weighted by molar-refractivity contribution is 14.0. The number of hydrogen-bond donors (Lipinski definition) is 2. The average molecular weight is 501 g/mol. The smallest absolute Gasteiger partial charge is 0.191 e. The summed E-state index contributed by atoms with van der Waals surface area (Å²) in [5, 5.41) is 10.8. The van der Waals surface area contributed by atoms with Crippen LogP contribution in [0.1, 0.15) is 32.3 Å². The monoisotopic (exact) mass is 501 g/mol. The number of nitrogens with zero attached hydrogens (tertiary/aromatic N) is 3. The van der Waals surface area contributed by atoms with Gasteiger partial charge in [0.05, 0.1) is 20.3 Å². The number of aromatic nitrogens is 2. The second-order valence-corrected chi connectivity index (χ2v) is 6.08. The molecule has 0 saturated carbocycles. The van der Waals surface area contributed by atoms with Crippen molar-refractivity contribution in [3.63, 3.8) is 0 Å². The van der Waals surface area contributed by atoms with E-state index in [1.807, 2.05) is 35.1 Å². The van der Waals surface area contributed by atoms with E-state index in [0.29, 0.717) is 13.2 Å². The van der Waals surface area contributed by atoms with E-state index in [2.05, 4.69) is 34.6 Å². The Morgan fingerprint density at radius 1 is 1.21 bits per heavy atom. The maximum atomic E-state index is 5.70. The minimum atomic E-state index is 0. The van der Waals surface area contributed by atoms with Gasteiger partial charge in [-0.2, -0.15) is 5.10 Å². The molecule has 0 unspecified atom stereocenters. The van der Waals surface area contributed by atoms with E-state index < -0.39 is 0 Å². The van der Waals surface area contributed by atoms with E-state index in [-0.39, 0.29) is 24.0 Å². The number of rotatable bonds is 11. The standard InChI is InChI=1S/C20H31N5O2.HI/c1-4-14-27-18-9-8-17(15-19(18)26-3)16-23-20(21-5-2)22-10-6-12-25-13-7-11-24-25;/h7-9,11,13,15H,4-6,10,12,14,16H2,1-3H3,(H2,21,22,23);1H. The molecular weight excluding hydrogens is 469 g/mol. The molecule has 0 fully saturated rings. The fraction of sp³-hybridized carbons (Fsp3) is 0.500. The zero-order valence-corrected chi connectivity index (χ0v) is 19.3. The molecule has 0 bridgehead atoms. The van der Waals surface area contributed by atoms with Gasteiger partial charge in [-0.25, -0.2) is 4.99 Å². The Balaban J connectivity index is 0.00000392. The summed E-state index contributed by atoms with van der Waals surface area (Å²) in [5.74, 6) is 2.33. The Labute approximate surface area is 184 Å². The lowest BCUT2D eigenvalue weighted by Gasteiger charge is -2.13. The fourth-order valence-electron chi connectivity index (χ4n) is 2.53. The Morgan fingerprint density at radius 3 is 2.75 bits per heavy atom. The van der Waals surface area contributed by atoms with Crippen LogP contribution in [0.25, 0.3) is 0 Å². The van der Waals surface area contributed by atoms with Crippen molar-refractivity contribution in [3.05, 3.63) is 42.2 Å². The quantitative estimate of drug-likeness (QED) is 0.214. The van der Waals surface area contributed by atoms with E-state index in [1.54, 1.807) is 13.3 Å². The number of hydrogen-bond acceptors (Lipinski definition) is 4. The van der Waals surface area contributed by atoms with Crippen LogP contribution in [0.2, 0.25) is 0 Å². The topological polar surface area (TPSA) is 72.7 Å². The number of methoxy groups -OCH3 is 1. The highest BCUT2D eigenvalue weighted by Gasteiger charge is 2.06. The van der Waals surface area contributed by atoms with Crippen LogP contribution in [0.5, 0.6) is 11.5 Å². The van der Waals surface area contributed by atoms with Crippen molar-refractivity contribution >= 4 is 29.9 Å². The summed E-state index contributed by atoms with van der Waals surface area (Å²) in [6.07, 6.45) is 5.71. The zero-order chi connectivity index (χ0) is 19.3. The largest absolute Gasteiger partial charge is 0.493 e. The van der Waals surface area contributed by atoms with Crippen LogP contribution in [0.4, 0.5) is 0 Å². The maximum Gasteiger partial charge on any atom is 0.191 e. The van der Waals surface area contributed by atoms with Gasteiger partial charge in [0, 0.05) is 32.0 Å². The normalized spacial score (nSPS) is 10.9. The van der Waals surface area contributed by atoms with Crippen molar-refractivity contribution < 1.29 is 9.47 Å². The van der Waals surface area contributed by atoms with Crippen LogP contribution in [0, 0.1) is 0 Å². The Bertz CT molecular complexity index is 692. The second kappa shape index (κ2) is 14.1. The molecule has 0 spiro atoms. The molecule has 8 heteroatoms. The van der Waals surface area contributed by atoms with Gasteiger partial charge in [0.2, 0.25) is 0 Å². The zero-order valence-electron chi connectivity index (χ0n) is 17.0. The lowest BCUT2D eigenvalue weighted by molar-refractivity contribution is 0.294. The van der Waals surface area contributed by atoms with Gasteiger partial charge >= 0.3 is 0 Å². The molecule has 1 heterocycles. The van der Waals surface area contributed by atoms with Crippen molar-refractivity contribution in [1.82, 2.24) is 20.4 Å². The predicted molar refractivity (Wildman–Crippen MR) is 124 cm³/mol. The number of benzene rings is 1. The Hall–Kier alpha value is -1.97.